The Kier molecular flexibility index (Phi) is 4.69. The Morgan fingerprint density at radius 2 is 1.92 bits per heavy atom. The maximum atomic E-state index is 12.9. The molecule has 0 aliphatic rings. The first-order valence-corrected chi connectivity index (χ1v) is 10.4. The summed E-state index contributed by atoms with van der Waals surface area (Å²) in [6, 6.07) is 7.85. The minimum Gasteiger partial charge on any atom is -0.358 e. The second-order valence-electron chi connectivity index (χ2n) is 5.96. The fourth-order valence-electron chi connectivity index (χ4n) is 2.13. The van der Waals surface area contributed by atoms with E-state index in [0.717, 1.165) is 4.47 Å². The molecule has 0 saturated heterocycles. The van der Waals surface area contributed by atoms with Crippen LogP contribution < -0.4 is 10.9 Å². The maximum absolute atomic E-state index is 12.9. The first-order valence-electron chi connectivity index (χ1n) is 7.30. The lowest BCUT2D eigenvalue weighted by Crippen LogP contribution is -2.39. The molecule has 2 aromatic heterocycles. The topological polar surface area (TPSA) is 93.4 Å². The standard InChI is InChI=1S/C15H15BrN4O3S2/c1-15(2,25(22,23)11-5-3-10(16)4-6-11)9-18-13-19-20-12(21)7-8-17-14(20)24-13/h3-8H,9H2,1-2H3,(H,18,19). The van der Waals surface area contributed by atoms with E-state index >= 15 is 0 Å². The fourth-order valence-corrected chi connectivity index (χ4v) is 4.56. The third-order valence-electron chi connectivity index (χ3n) is 3.69. The quantitative estimate of drug-likeness (QED) is 0.652. The van der Waals surface area contributed by atoms with Crippen LogP contribution in [-0.2, 0) is 9.84 Å². The van der Waals surface area contributed by atoms with Crippen molar-refractivity contribution in [2.75, 3.05) is 11.9 Å². The molecule has 0 unspecified atom stereocenters. The Morgan fingerprint density at radius 1 is 1.24 bits per heavy atom. The Labute approximate surface area is 156 Å². The van der Waals surface area contributed by atoms with Crippen molar-refractivity contribution in [3.8, 4) is 0 Å². The van der Waals surface area contributed by atoms with Crippen molar-refractivity contribution < 1.29 is 8.42 Å². The highest BCUT2D eigenvalue weighted by molar-refractivity contribution is 9.10. The van der Waals surface area contributed by atoms with Gasteiger partial charge in [0.1, 0.15) is 0 Å². The van der Waals surface area contributed by atoms with Crippen LogP contribution in [0.2, 0.25) is 0 Å². The van der Waals surface area contributed by atoms with Crippen molar-refractivity contribution in [1.82, 2.24) is 14.6 Å². The lowest BCUT2D eigenvalue weighted by atomic mass is 10.2. The van der Waals surface area contributed by atoms with Crippen molar-refractivity contribution in [1.29, 1.82) is 0 Å². The molecule has 3 rings (SSSR count). The number of benzene rings is 1. The molecule has 0 aliphatic heterocycles. The lowest BCUT2D eigenvalue weighted by Gasteiger charge is -2.25. The molecular formula is C15H15BrN4O3S2. The van der Waals surface area contributed by atoms with E-state index < -0.39 is 14.6 Å². The lowest BCUT2D eigenvalue weighted by molar-refractivity contribution is 0.553. The predicted octanol–water partition coefficient (Wildman–Crippen LogP) is 2.58. The molecule has 132 valence electrons. The van der Waals surface area contributed by atoms with E-state index in [-0.39, 0.29) is 17.0 Å². The van der Waals surface area contributed by atoms with Gasteiger partial charge in [-0.2, -0.15) is 4.52 Å². The Hall–Kier alpha value is -1.78. The highest BCUT2D eigenvalue weighted by Crippen LogP contribution is 2.27. The van der Waals surface area contributed by atoms with Gasteiger partial charge in [0, 0.05) is 23.3 Å². The number of hydrogen-bond donors (Lipinski definition) is 1. The van der Waals surface area contributed by atoms with Gasteiger partial charge in [0.2, 0.25) is 10.1 Å². The zero-order valence-corrected chi connectivity index (χ0v) is 16.7. The van der Waals surface area contributed by atoms with Crippen LogP contribution in [0, 0.1) is 0 Å². The summed E-state index contributed by atoms with van der Waals surface area (Å²) < 4.78 is 26.7. The molecular weight excluding hydrogens is 428 g/mol. The molecule has 0 atom stereocenters. The predicted molar refractivity (Wildman–Crippen MR) is 101 cm³/mol. The zero-order chi connectivity index (χ0) is 18.2. The smallest absolute Gasteiger partial charge is 0.275 e. The number of nitrogens with one attached hydrogen (secondary N) is 1. The third-order valence-corrected chi connectivity index (χ3v) is 7.59. The minimum absolute atomic E-state index is 0.139. The largest absolute Gasteiger partial charge is 0.358 e. The van der Waals surface area contributed by atoms with Crippen molar-refractivity contribution in [3.63, 3.8) is 0 Å². The van der Waals surface area contributed by atoms with Crippen molar-refractivity contribution >= 4 is 47.2 Å². The molecule has 0 spiro atoms. The highest BCUT2D eigenvalue weighted by atomic mass is 79.9. The van der Waals surface area contributed by atoms with Gasteiger partial charge in [-0.15, -0.1) is 5.10 Å². The monoisotopic (exact) mass is 442 g/mol. The molecule has 3 aromatic rings. The van der Waals surface area contributed by atoms with Gasteiger partial charge in [-0.25, -0.2) is 13.4 Å². The highest BCUT2D eigenvalue weighted by Gasteiger charge is 2.35. The number of anilines is 1. The van der Waals surface area contributed by atoms with Gasteiger partial charge in [-0.3, -0.25) is 4.79 Å². The Balaban J connectivity index is 1.83. The van der Waals surface area contributed by atoms with Crippen LogP contribution in [0.5, 0.6) is 0 Å². The summed E-state index contributed by atoms with van der Waals surface area (Å²) in [6.07, 6.45) is 1.42. The van der Waals surface area contributed by atoms with Crippen molar-refractivity contribution in [3.05, 3.63) is 51.4 Å². The normalized spacial score (nSPS) is 12.4. The second kappa shape index (κ2) is 6.50. The molecule has 0 aliphatic carbocycles. The SMILES string of the molecule is CC(C)(CNc1nn2c(=O)ccnc2s1)S(=O)(=O)c1ccc(Br)cc1. The van der Waals surface area contributed by atoms with Crippen LogP contribution in [-0.4, -0.2) is 34.3 Å². The van der Waals surface area contributed by atoms with Crippen LogP contribution in [0.4, 0.5) is 5.13 Å². The number of hydrogen-bond acceptors (Lipinski definition) is 7. The van der Waals surface area contributed by atoms with E-state index in [0.29, 0.717) is 10.1 Å². The van der Waals surface area contributed by atoms with Gasteiger partial charge in [0.25, 0.3) is 5.56 Å². The number of sulfone groups is 1. The van der Waals surface area contributed by atoms with E-state index in [1.807, 2.05) is 0 Å². The number of fused-ring (bicyclic) bond motifs is 1. The molecule has 0 fully saturated rings. The number of nitrogens with zero attached hydrogens (tertiary/aromatic N) is 3. The summed E-state index contributed by atoms with van der Waals surface area (Å²) in [7, 11) is -3.55. The first kappa shape index (κ1) is 18.0. The first-order chi connectivity index (χ1) is 11.7. The number of aromatic nitrogens is 3. The number of rotatable bonds is 5. The third kappa shape index (κ3) is 3.46. The Morgan fingerprint density at radius 3 is 2.56 bits per heavy atom. The average Bonchev–Trinajstić information content (AvgIpc) is 2.98. The molecule has 2 heterocycles. The molecule has 0 bridgehead atoms. The van der Waals surface area contributed by atoms with Gasteiger partial charge in [-0.05, 0) is 38.1 Å². The van der Waals surface area contributed by atoms with Gasteiger partial charge in [-0.1, -0.05) is 27.3 Å². The molecule has 0 radical (unpaired) electrons. The number of halogens is 1. The van der Waals surface area contributed by atoms with E-state index in [9.17, 15) is 13.2 Å². The van der Waals surface area contributed by atoms with E-state index in [2.05, 4.69) is 31.3 Å². The fraction of sp³-hybridized carbons (Fsp3) is 0.267. The van der Waals surface area contributed by atoms with Gasteiger partial charge in [0.15, 0.2) is 9.84 Å². The summed E-state index contributed by atoms with van der Waals surface area (Å²) in [5.74, 6) is 0. The van der Waals surface area contributed by atoms with Crippen LogP contribution in [0.15, 0.2) is 50.7 Å². The summed E-state index contributed by atoms with van der Waals surface area (Å²) in [5.41, 5.74) is -0.281. The van der Waals surface area contributed by atoms with E-state index in [4.69, 9.17) is 0 Å². The summed E-state index contributed by atoms with van der Waals surface area (Å²) in [6.45, 7) is 3.43. The van der Waals surface area contributed by atoms with Crippen molar-refractivity contribution in [2.45, 2.75) is 23.5 Å². The van der Waals surface area contributed by atoms with Crippen LogP contribution in [0.3, 0.4) is 0 Å². The second-order valence-corrected chi connectivity index (χ2v) is 10.4. The summed E-state index contributed by atoms with van der Waals surface area (Å²) in [5, 5.41) is 7.58. The molecule has 0 saturated carbocycles. The van der Waals surface area contributed by atoms with Gasteiger partial charge in [0.05, 0.1) is 9.64 Å². The molecule has 7 nitrogen and oxygen atoms in total. The summed E-state index contributed by atoms with van der Waals surface area (Å²) in [4.78, 5) is 16.5. The molecule has 1 aromatic carbocycles. The van der Waals surface area contributed by atoms with Crippen LogP contribution >= 0.6 is 27.3 Å². The van der Waals surface area contributed by atoms with Crippen LogP contribution in [0.1, 0.15) is 13.8 Å². The van der Waals surface area contributed by atoms with Gasteiger partial charge < -0.3 is 5.32 Å². The van der Waals surface area contributed by atoms with Crippen LogP contribution in [0.25, 0.3) is 4.96 Å². The van der Waals surface area contributed by atoms with Gasteiger partial charge >= 0.3 is 0 Å². The van der Waals surface area contributed by atoms with E-state index in [1.165, 1.54) is 28.1 Å². The molecule has 1 N–H and O–H groups in total. The van der Waals surface area contributed by atoms with Crippen molar-refractivity contribution in [2.24, 2.45) is 0 Å². The average molecular weight is 443 g/mol. The zero-order valence-electron chi connectivity index (χ0n) is 13.4. The Bertz CT molecular complexity index is 1070. The maximum Gasteiger partial charge on any atom is 0.275 e. The summed E-state index contributed by atoms with van der Waals surface area (Å²) >= 11 is 4.49. The molecule has 25 heavy (non-hydrogen) atoms. The molecule has 0 amide bonds. The van der Waals surface area contributed by atoms with E-state index in [1.54, 1.807) is 38.1 Å². The minimum atomic E-state index is -3.55. The molecule has 10 heteroatoms.